The van der Waals surface area contributed by atoms with E-state index in [1.807, 2.05) is 37.4 Å². The van der Waals surface area contributed by atoms with Crippen LogP contribution in [0.15, 0.2) is 79.1 Å². The van der Waals surface area contributed by atoms with E-state index in [0.29, 0.717) is 40.2 Å². The van der Waals surface area contributed by atoms with E-state index in [0.717, 1.165) is 15.1 Å². The van der Waals surface area contributed by atoms with Gasteiger partial charge in [0.25, 0.3) is 0 Å². The van der Waals surface area contributed by atoms with E-state index in [9.17, 15) is 0 Å². The lowest BCUT2D eigenvalue weighted by molar-refractivity contribution is 0.297. The Morgan fingerprint density at radius 3 is 2.66 bits per heavy atom. The van der Waals surface area contributed by atoms with Crippen molar-refractivity contribution in [2.75, 3.05) is 25.7 Å². The number of anilines is 1. The molecule has 10 heteroatoms. The average Bonchev–Trinajstić information content (AvgIpc) is 3.18. The molecule has 0 aliphatic carbocycles. The van der Waals surface area contributed by atoms with Gasteiger partial charge in [-0.25, -0.2) is 0 Å². The number of H-pyrrole nitrogens is 1. The first-order valence-corrected chi connectivity index (χ1v) is 11.5. The van der Waals surface area contributed by atoms with Crippen molar-refractivity contribution in [3.05, 3.63) is 69.9 Å². The lowest BCUT2D eigenvalue weighted by atomic mass is 10.1. The molecule has 0 radical (unpaired) electrons. The molecule has 0 atom stereocenters. The third-order valence-electron chi connectivity index (χ3n) is 4.11. The zero-order valence-electron chi connectivity index (χ0n) is 18.7. The van der Waals surface area contributed by atoms with E-state index in [-0.39, 0.29) is 0 Å². The van der Waals surface area contributed by atoms with Crippen LogP contribution in [0.5, 0.6) is 5.75 Å². The van der Waals surface area contributed by atoms with Gasteiger partial charge in [-0.1, -0.05) is 6.58 Å². The monoisotopic (exact) mass is 518 g/mol. The fraction of sp³-hybridized carbons (Fsp3) is 0.227. The Hall–Kier alpha value is -2.98. The number of rotatable bonds is 9. The predicted molar refractivity (Wildman–Crippen MR) is 136 cm³/mol. The van der Waals surface area contributed by atoms with Gasteiger partial charge in [0.05, 0.1) is 11.6 Å². The molecule has 0 saturated heterocycles. The number of aliphatic imine (C=N–C) groups is 2. The summed E-state index contributed by atoms with van der Waals surface area (Å²) in [4.78, 5) is 9.75. The summed E-state index contributed by atoms with van der Waals surface area (Å²) in [7, 11) is 3.17. The zero-order valence-corrected chi connectivity index (χ0v) is 21.1. The molecule has 1 heterocycles. The second-order valence-corrected chi connectivity index (χ2v) is 8.19. The fourth-order valence-electron chi connectivity index (χ4n) is 2.62. The molecule has 0 fully saturated rings. The second-order valence-electron chi connectivity index (χ2n) is 6.46. The van der Waals surface area contributed by atoms with Crippen molar-refractivity contribution in [1.82, 2.24) is 10.2 Å². The van der Waals surface area contributed by atoms with Gasteiger partial charge in [0.2, 0.25) is 0 Å². The van der Waals surface area contributed by atoms with Crippen LogP contribution >= 0.6 is 27.7 Å². The van der Waals surface area contributed by atoms with Crippen LogP contribution in [0.25, 0.3) is 0 Å². The average molecular weight is 519 g/mol. The Bertz CT molecular complexity index is 1090. The number of nitrogens with two attached hydrogens (primary N) is 1. The molecule has 2 aromatic rings. The Morgan fingerprint density at radius 2 is 2.12 bits per heavy atom. The Morgan fingerprint density at radius 1 is 1.38 bits per heavy atom. The molecule has 32 heavy (non-hydrogen) atoms. The van der Waals surface area contributed by atoms with Gasteiger partial charge >= 0.3 is 0 Å². The van der Waals surface area contributed by atoms with Crippen LogP contribution in [-0.2, 0) is 4.74 Å². The molecule has 0 unspecified atom stereocenters. The van der Waals surface area contributed by atoms with Crippen molar-refractivity contribution >= 4 is 45.6 Å². The molecule has 0 aliphatic heterocycles. The van der Waals surface area contributed by atoms with Crippen LogP contribution in [0.2, 0.25) is 0 Å². The maximum atomic E-state index is 5.97. The van der Waals surface area contributed by atoms with Crippen molar-refractivity contribution in [3.63, 3.8) is 0 Å². The van der Waals surface area contributed by atoms with Crippen molar-refractivity contribution in [3.8, 4) is 5.75 Å². The first kappa shape index (κ1) is 25.3. The Labute approximate surface area is 200 Å². The second kappa shape index (κ2) is 12.2. The molecular weight excluding hydrogens is 492 g/mol. The number of aromatic amines is 1. The maximum absolute atomic E-state index is 5.97. The summed E-state index contributed by atoms with van der Waals surface area (Å²) in [6, 6.07) is 7.68. The number of allylic oxidation sites excluding steroid dienone is 1. The molecule has 0 aliphatic rings. The first-order valence-electron chi connectivity index (χ1n) is 9.50. The number of methoxy groups -OCH3 is 1. The topological polar surface area (TPSA) is 110 Å². The number of aromatic nitrogens is 2. The fourth-order valence-corrected chi connectivity index (χ4v) is 3.68. The Balaban J connectivity index is 2.49. The van der Waals surface area contributed by atoms with E-state index in [1.54, 1.807) is 31.9 Å². The minimum Gasteiger partial charge on any atom is -0.492 e. The largest absolute Gasteiger partial charge is 0.492 e. The van der Waals surface area contributed by atoms with Crippen LogP contribution in [0, 0.1) is 6.92 Å². The van der Waals surface area contributed by atoms with E-state index < -0.39 is 0 Å². The molecule has 0 amide bonds. The Kier molecular flexibility index (Phi) is 9.61. The maximum Gasteiger partial charge on any atom is 0.193 e. The van der Waals surface area contributed by atoms with Crippen LogP contribution in [-0.4, -0.2) is 42.7 Å². The molecule has 1 aromatic heterocycles. The number of ether oxygens (including phenoxy) is 2. The number of aryl methyl sites for hydroxylation is 1. The van der Waals surface area contributed by atoms with E-state index >= 15 is 0 Å². The normalized spacial score (nSPS) is 13.2. The number of benzene rings is 1. The summed E-state index contributed by atoms with van der Waals surface area (Å²) in [6.07, 6.45) is 5.01. The van der Waals surface area contributed by atoms with E-state index in [1.165, 1.54) is 13.3 Å². The highest BCUT2D eigenvalue weighted by Crippen LogP contribution is 2.30. The van der Waals surface area contributed by atoms with Gasteiger partial charge in [-0.15, -0.1) is 11.8 Å². The van der Waals surface area contributed by atoms with Gasteiger partial charge in [-0.05, 0) is 47.3 Å². The lowest BCUT2D eigenvalue weighted by Gasteiger charge is -2.15. The number of hydrogen-bond acceptors (Lipinski definition) is 8. The van der Waals surface area contributed by atoms with Crippen molar-refractivity contribution < 1.29 is 9.47 Å². The SMILES string of the molecule is C=C(/C(C=NC)=C/N)/C(OC)=C(\N=C(/C)Oc1ccc(SC)cc1Br)Nc1cc(C)[nH]n1. The molecule has 8 nitrogen and oxygen atoms in total. The van der Waals surface area contributed by atoms with Gasteiger partial charge in [-0.3, -0.25) is 10.1 Å². The zero-order chi connectivity index (χ0) is 23.7. The lowest BCUT2D eigenvalue weighted by Crippen LogP contribution is -2.12. The highest BCUT2D eigenvalue weighted by molar-refractivity contribution is 9.10. The molecule has 0 spiro atoms. The smallest absolute Gasteiger partial charge is 0.193 e. The molecule has 2 rings (SSSR count). The summed E-state index contributed by atoms with van der Waals surface area (Å²) >= 11 is 5.19. The van der Waals surface area contributed by atoms with E-state index in [2.05, 4.69) is 48.0 Å². The van der Waals surface area contributed by atoms with Crippen LogP contribution in [0.1, 0.15) is 12.6 Å². The van der Waals surface area contributed by atoms with Crippen molar-refractivity contribution in [2.45, 2.75) is 18.7 Å². The highest BCUT2D eigenvalue weighted by atomic mass is 79.9. The van der Waals surface area contributed by atoms with Crippen molar-refractivity contribution in [1.29, 1.82) is 0 Å². The number of nitrogens with zero attached hydrogens (tertiary/aromatic N) is 3. The molecule has 170 valence electrons. The number of thioether (sulfide) groups is 1. The third-order valence-corrected chi connectivity index (χ3v) is 5.45. The predicted octanol–water partition coefficient (Wildman–Crippen LogP) is 5.03. The summed E-state index contributed by atoms with van der Waals surface area (Å²) in [5, 5.41) is 10.3. The van der Waals surface area contributed by atoms with Gasteiger partial charge < -0.3 is 20.5 Å². The molecule has 0 bridgehead atoms. The molecule has 0 saturated carbocycles. The third kappa shape index (κ3) is 6.76. The van der Waals surface area contributed by atoms with E-state index in [4.69, 9.17) is 15.2 Å². The van der Waals surface area contributed by atoms with Crippen LogP contribution in [0.3, 0.4) is 0 Å². The number of hydrogen-bond donors (Lipinski definition) is 3. The number of nitrogens with one attached hydrogen (secondary N) is 2. The van der Waals surface area contributed by atoms with Crippen LogP contribution < -0.4 is 15.8 Å². The molecule has 1 aromatic carbocycles. The van der Waals surface area contributed by atoms with Gasteiger partial charge in [-0.2, -0.15) is 10.1 Å². The molecule has 4 N–H and O–H groups in total. The van der Waals surface area contributed by atoms with Crippen molar-refractivity contribution in [2.24, 2.45) is 15.7 Å². The van der Waals surface area contributed by atoms with Gasteiger partial charge in [0.1, 0.15) is 5.75 Å². The number of halogens is 1. The molecular formula is C22H27BrN6O2S. The summed E-state index contributed by atoms with van der Waals surface area (Å²) in [5.41, 5.74) is 7.73. The van der Waals surface area contributed by atoms with Gasteiger partial charge in [0, 0.05) is 54.2 Å². The summed E-state index contributed by atoms with van der Waals surface area (Å²) in [6.45, 7) is 7.74. The minimum atomic E-state index is 0.349. The quantitative estimate of drug-likeness (QED) is 0.141. The van der Waals surface area contributed by atoms with Gasteiger partial charge in [0.15, 0.2) is 23.3 Å². The van der Waals surface area contributed by atoms with Crippen LogP contribution in [0.4, 0.5) is 5.82 Å². The standard InChI is InChI=1S/C22H27BrN6O2S/c1-13-9-20(29-28-13)27-22(21(30-5)14(2)16(11-24)12-25-4)26-15(3)31-19-8-7-17(32-6)10-18(19)23/h7-12H,2,24H2,1,3-6H3,(H2,27,28,29)/b16-11+,22-21-,25-12?,26-15+. The highest BCUT2D eigenvalue weighted by Gasteiger charge is 2.16. The first-order chi connectivity index (χ1) is 15.3. The minimum absolute atomic E-state index is 0.349. The summed E-state index contributed by atoms with van der Waals surface area (Å²) < 4.78 is 12.4. The summed E-state index contributed by atoms with van der Waals surface area (Å²) in [5.74, 6) is 2.29.